The van der Waals surface area contributed by atoms with Gasteiger partial charge in [0.25, 0.3) is 5.69 Å². The second-order valence-corrected chi connectivity index (χ2v) is 4.88. The van der Waals surface area contributed by atoms with Gasteiger partial charge >= 0.3 is 0 Å². The fourth-order valence-electron chi connectivity index (χ4n) is 2.56. The Labute approximate surface area is 117 Å². The van der Waals surface area contributed by atoms with Crippen LogP contribution in [0.5, 0.6) is 0 Å². The maximum Gasteiger partial charge on any atom is 0.287 e. The van der Waals surface area contributed by atoms with Gasteiger partial charge in [0.05, 0.1) is 4.92 Å². The van der Waals surface area contributed by atoms with Crippen LogP contribution < -0.4 is 4.90 Å². The topological polar surface area (TPSA) is 59.3 Å². The molecule has 0 aliphatic carbocycles. The molecular formula is C15H15N3O2. The SMILES string of the molecule is O=[N+]([O-])c1ccc(CCN2CCc3ccccc32)nc1. The zero-order valence-corrected chi connectivity index (χ0v) is 11.0. The minimum absolute atomic E-state index is 0.0419. The normalized spacial score (nSPS) is 13.3. The molecule has 5 nitrogen and oxygen atoms in total. The van der Waals surface area contributed by atoms with Crippen LogP contribution in [0.15, 0.2) is 42.6 Å². The van der Waals surface area contributed by atoms with Crippen molar-refractivity contribution >= 4 is 11.4 Å². The van der Waals surface area contributed by atoms with E-state index in [1.165, 1.54) is 23.5 Å². The van der Waals surface area contributed by atoms with Crippen LogP contribution in [-0.4, -0.2) is 23.0 Å². The van der Waals surface area contributed by atoms with Gasteiger partial charge in [-0.2, -0.15) is 0 Å². The van der Waals surface area contributed by atoms with E-state index in [4.69, 9.17) is 0 Å². The Hall–Kier alpha value is -2.43. The van der Waals surface area contributed by atoms with Gasteiger partial charge in [-0.25, -0.2) is 0 Å². The number of nitro groups is 1. The van der Waals surface area contributed by atoms with E-state index in [2.05, 4.69) is 34.1 Å². The summed E-state index contributed by atoms with van der Waals surface area (Å²) >= 11 is 0. The van der Waals surface area contributed by atoms with Crippen LogP contribution in [0.25, 0.3) is 0 Å². The molecule has 20 heavy (non-hydrogen) atoms. The summed E-state index contributed by atoms with van der Waals surface area (Å²) in [5.74, 6) is 0. The third-order valence-corrected chi connectivity index (χ3v) is 3.64. The summed E-state index contributed by atoms with van der Waals surface area (Å²) in [6.45, 7) is 1.92. The number of fused-ring (bicyclic) bond motifs is 1. The van der Waals surface area contributed by atoms with Crippen molar-refractivity contribution in [3.8, 4) is 0 Å². The predicted molar refractivity (Wildman–Crippen MR) is 77.0 cm³/mol. The smallest absolute Gasteiger partial charge is 0.287 e. The number of aromatic nitrogens is 1. The average molecular weight is 269 g/mol. The predicted octanol–water partition coefficient (Wildman–Crippen LogP) is 2.60. The number of benzene rings is 1. The zero-order valence-electron chi connectivity index (χ0n) is 11.0. The Balaban J connectivity index is 1.64. The van der Waals surface area contributed by atoms with Crippen LogP contribution in [0.4, 0.5) is 11.4 Å². The van der Waals surface area contributed by atoms with E-state index < -0.39 is 4.92 Å². The Morgan fingerprint density at radius 2 is 2.10 bits per heavy atom. The molecule has 2 aromatic rings. The lowest BCUT2D eigenvalue weighted by Gasteiger charge is -2.18. The Bertz CT molecular complexity index is 625. The number of nitrogens with zero attached hydrogens (tertiary/aromatic N) is 3. The minimum atomic E-state index is -0.423. The largest absolute Gasteiger partial charge is 0.371 e. The van der Waals surface area contributed by atoms with Crippen molar-refractivity contribution in [3.05, 3.63) is 64.0 Å². The Morgan fingerprint density at radius 1 is 1.25 bits per heavy atom. The van der Waals surface area contributed by atoms with Crippen molar-refractivity contribution in [1.82, 2.24) is 4.98 Å². The summed E-state index contributed by atoms with van der Waals surface area (Å²) in [4.78, 5) is 16.6. The number of pyridine rings is 1. The molecule has 2 heterocycles. The van der Waals surface area contributed by atoms with Crippen LogP contribution in [0, 0.1) is 10.1 Å². The van der Waals surface area contributed by atoms with E-state index in [1.807, 2.05) is 0 Å². The standard InChI is InChI=1S/C15H15N3O2/c19-18(20)14-6-5-13(16-11-14)8-10-17-9-7-12-3-1-2-4-15(12)17/h1-6,11H,7-10H2. The summed E-state index contributed by atoms with van der Waals surface area (Å²) in [6.07, 6.45) is 3.21. The Morgan fingerprint density at radius 3 is 2.85 bits per heavy atom. The first-order valence-electron chi connectivity index (χ1n) is 6.66. The molecule has 1 aromatic carbocycles. The molecule has 0 atom stereocenters. The van der Waals surface area contributed by atoms with Crippen LogP contribution in [0.3, 0.4) is 0 Å². The maximum atomic E-state index is 10.6. The summed E-state index contributed by atoms with van der Waals surface area (Å²) in [5.41, 5.74) is 3.62. The van der Waals surface area contributed by atoms with Gasteiger partial charge in [0.2, 0.25) is 0 Å². The molecule has 1 aliphatic rings. The van der Waals surface area contributed by atoms with E-state index in [0.29, 0.717) is 0 Å². The molecular weight excluding hydrogens is 254 g/mol. The van der Waals surface area contributed by atoms with Gasteiger partial charge in [-0.1, -0.05) is 18.2 Å². The van der Waals surface area contributed by atoms with Crippen molar-refractivity contribution in [2.24, 2.45) is 0 Å². The number of anilines is 1. The molecule has 0 saturated heterocycles. The van der Waals surface area contributed by atoms with Gasteiger partial charge in [-0.15, -0.1) is 0 Å². The van der Waals surface area contributed by atoms with E-state index in [1.54, 1.807) is 6.07 Å². The van der Waals surface area contributed by atoms with Crippen molar-refractivity contribution in [3.63, 3.8) is 0 Å². The highest BCUT2D eigenvalue weighted by atomic mass is 16.6. The quantitative estimate of drug-likeness (QED) is 0.632. The van der Waals surface area contributed by atoms with Crippen molar-refractivity contribution in [1.29, 1.82) is 0 Å². The number of rotatable bonds is 4. The van der Waals surface area contributed by atoms with Gasteiger partial charge in [-0.3, -0.25) is 15.1 Å². The van der Waals surface area contributed by atoms with Crippen molar-refractivity contribution in [2.75, 3.05) is 18.0 Å². The first kappa shape index (κ1) is 12.6. The molecule has 1 aliphatic heterocycles. The van der Waals surface area contributed by atoms with Crippen molar-refractivity contribution < 1.29 is 4.92 Å². The van der Waals surface area contributed by atoms with Gasteiger partial charge in [-0.05, 0) is 24.1 Å². The molecule has 0 fully saturated rings. The lowest BCUT2D eigenvalue weighted by atomic mass is 10.2. The minimum Gasteiger partial charge on any atom is -0.371 e. The van der Waals surface area contributed by atoms with E-state index >= 15 is 0 Å². The summed E-state index contributed by atoms with van der Waals surface area (Å²) in [7, 11) is 0. The molecule has 0 bridgehead atoms. The third kappa shape index (κ3) is 2.47. The molecule has 0 spiro atoms. The Kier molecular flexibility index (Phi) is 3.33. The van der Waals surface area contributed by atoms with Crippen LogP contribution in [-0.2, 0) is 12.8 Å². The van der Waals surface area contributed by atoms with Crippen LogP contribution in [0.1, 0.15) is 11.3 Å². The van der Waals surface area contributed by atoms with E-state index in [-0.39, 0.29) is 5.69 Å². The highest BCUT2D eigenvalue weighted by Crippen LogP contribution is 2.27. The lowest BCUT2D eigenvalue weighted by molar-refractivity contribution is -0.385. The summed E-state index contributed by atoms with van der Waals surface area (Å²) in [6, 6.07) is 11.7. The monoisotopic (exact) mass is 269 g/mol. The molecule has 5 heteroatoms. The van der Waals surface area contributed by atoms with Crippen LogP contribution >= 0.6 is 0 Å². The first-order valence-corrected chi connectivity index (χ1v) is 6.66. The van der Waals surface area contributed by atoms with Gasteiger partial charge in [0, 0.05) is 37.0 Å². The second-order valence-electron chi connectivity index (χ2n) is 4.88. The molecule has 0 amide bonds. The number of hydrogen-bond acceptors (Lipinski definition) is 4. The second kappa shape index (κ2) is 5.28. The fourth-order valence-corrected chi connectivity index (χ4v) is 2.56. The molecule has 1 aromatic heterocycles. The molecule has 3 rings (SSSR count). The van der Waals surface area contributed by atoms with E-state index in [9.17, 15) is 10.1 Å². The molecule has 0 radical (unpaired) electrons. The highest BCUT2D eigenvalue weighted by Gasteiger charge is 2.17. The molecule has 0 unspecified atom stereocenters. The number of hydrogen-bond donors (Lipinski definition) is 0. The zero-order chi connectivity index (χ0) is 13.9. The first-order chi connectivity index (χ1) is 9.74. The molecule has 0 N–H and O–H groups in total. The van der Waals surface area contributed by atoms with Gasteiger partial charge in [0.1, 0.15) is 6.20 Å². The van der Waals surface area contributed by atoms with E-state index in [0.717, 1.165) is 31.6 Å². The lowest BCUT2D eigenvalue weighted by Crippen LogP contribution is -2.23. The highest BCUT2D eigenvalue weighted by molar-refractivity contribution is 5.57. The average Bonchev–Trinajstić information content (AvgIpc) is 2.89. The summed E-state index contributed by atoms with van der Waals surface area (Å²) in [5, 5.41) is 10.6. The third-order valence-electron chi connectivity index (χ3n) is 3.64. The number of para-hydroxylation sites is 1. The molecule has 0 saturated carbocycles. The van der Waals surface area contributed by atoms with Crippen molar-refractivity contribution in [2.45, 2.75) is 12.8 Å². The van der Waals surface area contributed by atoms with Gasteiger partial charge in [0.15, 0.2) is 0 Å². The maximum absolute atomic E-state index is 10.6. The molecule has 102 valence electrons. The summed E-state index contributed by atoms with van der Waals surface area (Å²) < 4.78 is 0. The fraction of sp³-hybridized carbons (Fsp3) is 0.267. The van der Waals surface area contributed by atoms with Gasteiger partial charge < -0.3 is 4.90 Å². The van der Waals surface area contributed by atoms with Crippen LogP contribution in [0.2, 0.25) is 0 Å².